The Balaban J connectivity index is 1.57. The maximum absolute atomic E-state index is 12.7. The van der Waals surface area contributed by atoms with Crippen molar-refractivity contribution in [2.45, 2.75) is 25.7 Å². The molecule has 0 amide bonds. The summed E-state index contributed by atoms with van der Waals surface area (Å²) in [6, 6.07) is 3.79. The highest BCUT2D eigenvalue weighted by Gasteiger charge is 2.32. The first-order chi connectivity index (χ1) is 12.7. The van der Waals surface area contributed by atoms with Crippen LogP contribution in [0.2, 0.25) is 0 Å². The van der Waals surface area contributed by atoms with Crippen LogP contribution in [0.4, 0.5) is 5.95 Å². The number of fused-ring (bicyclic) bond motifs is 1. The zero-order chi connectivity index (χ0) is 18.1. The molecule has 0 saturated carbocycles. The fourth-order valence-electron chi connectivity index (χ4n) is 4.06. The van der Waals surface area contributed by atoms with E-state index < -0.39 is 0 Å². The summed E-state index contributed by atoms with van der Waals surface area (Å²) in [6.45, 7) is 6.58. The van der Waals surface area contributed by atoms with Crippen molar-refractivity contribution in [3.8, 4) is 0 Å². The number of aryl methyl sites for hydroxylation is 1. The third-order valence-electron chi connectivity index (χ3n) is 5.47. The SMILES string of the molecule is Cc1nc(N2CC[NH+](CCO)CC2)nc2c1C(=O)C[C@H](c1ccco1)C2. The Labute approximate surface area is 152 Å². The molecule has 2 N–H and O–H groups in total. The number of piperazine rings is 1. The van der Waals surface area contributed by atoms with Gasteiger partial charge in [-0.15, -0.1) is 0 Å². The predicted molar refractivity (Wildman–Crippen MR) is 95.7 cm³/mol. The number of aliphatic hydroxyl groups excluding tert-OH is 1. The molecular formula is C19H25N4O3+. The Morgan fingerprint density at radius 2 is 2.12 bits per heavy atom. The highest BCUT2D eigenvalue weighted by molar-refractivity contribution is 5.99. The van der Waals surface area contributed by atoms with Gasteiger partial charge in [-0.25, -0.2) is 9.97 Å². The second-order valence-corrected chi connectivity index (χ2v) is 7.19. The number of Topliss-reactive ketones (excluding diaryl/α,β-unsaturated/α-hetero) is 1. The molecule has 4 rings (SSSR count). The summed E-state index contributed by atoms with van der Waals surface area (Å²) in [5.74, 6) is 1.73. The van der Waals surface area contributed by atoms with Crippen LogP contribution in [-0.4, -0.2) is 60.2 Å². The van der Waals surface area contributed by atoms with E-state index in [2.05, 4.69) is 9.88 Å². The van der Waals surface area contributed by atoms with E-state index in [0.29, 0.717) is 18.4 Å². The maximum Gasteiger partial charge on any atom is 0.226 e. The minimum atomic E-state index is 0.0537. The molecule has 1 aliphatic carbocycles. The lowest BCUT2D eigenvalue weighted by atomic mass is 9.84. The topological polar surface area (TPSA) is 83.9 Å². The molecule has 26 heavy (non-hydrogen) atoms. The number of quaternary nitrogens is 1. The van der Waals surface area contributed by atoms with Crippen LogP contribution in [0.5, 0.6) is 0 Å². The molecule has 2 aliphatic rings. The van der Waals surface area contributed by atoms with E-state index in [-0.39, 0.29) is 18.3 Å². The second kappa shape index (κ2) is 7.17. The van der Waals surface area contributed by atoms with Gasteiger partial charge in [0.05, 0.1) is 56.0 Å². The summed E-state index contributed by atoms with van der Waals surface area (Å²) in [5, 5.41) is 9.10. The van der Waals surface area contributed by atoms with Gasteiger partial charge < -0.3 is 19.3 Å². The highest BCUT2D eigenvalue weighted by Crippen LogP contribution is 2.33. The molecule has 1 aliphatic heterocycles. The van der Waals surface area contributed by atoms with E-state index in [0.717, 1.165) is 55.8 Å². The Morgan fingerprint density at radius 1 is 1.31 bits per heavy atom. The maximum atomic E-state index is 12.7. The average Bonchev–Trinajstić information content (AvgIpc) is 3.16. The van der Waals surface area contributed by atoms with Gasteiger partial charge in [0.25, 0.3) is 0 Å². The van der Waals surface area contributed by atoms with Gasteiger partial charge >= 0.3 is 0 Å². The second-order valence-electron chi connectivity index (χ2n) is 7.19. The van der Waals surface area contributed by atoms with Crippen molar-refractivity contribution in [3.05, 3.63) is 41.1 Å². The Morgan fingerprint density at radius 3 is 2.81 bits per heavy atom. The van der Waals surface area contributed by atoms with E-state index in [4.69, 9.17) is 14.5 Å². The third kappa shape index (κ3) is 3.24. The number of aliphatic hydroxyl groups is 1. The van der Waals surface area contributed by atoms with Gasteiger partial charge in [0, 0.05) is 18.8 Å². The first kappa shape index (κ1) is 17.2. The van der Waals surface area contributed by atoms with Crippen LogP contribution in [0.15, 0.2) is 22.8 Å². The number of hydrogen-bond donors (Lipinski definition) is 2. The first-order valence-corrected chi connectivity index (χ1v) is 9.29. The zero-order valence-corrected chi connectivity index (χ0v) is 15.1. The highest BCUT2D eigenvalue weighted by atomic mass is 16.3. The minimum absolute atomic E-state index is 0.0537. The van der Waals surface area contributed by atoms with Crippen molar-refractivity contribution < 1.29 is 19.2 Å². The monoisotopic (exact) mass is 357 g/mol. The zero-order valence-electron chi connectivity index (χ0n) is 15.1. The Bertz CT molecular complexity index is 782. The van der Waals surface area contributed by atoms with Crippen LogP contribution >= 0.6 is 0 Å². The largest absolute Gasteiger partial charge is 0.469 e. The summed E-state index contributed by atoms with van der Waals surface area (Å²) < 4.78 is 5.52. The minimum Gasteiger partial charge on any atom is -0.469 e. The molecule has 2 aromatic heterocycles. The van der Waals surface area contributed by atoms with E-state index in [1.54, 1.807) is 6.26 Å². The van der Waals surface area contributed by atoms with Crippen LogP contribution in [0.1, 0.15) is 39.8 Å². The Hall–Kier alpha value is -2.25. The number of hydrogen-bond acceptors (Lipinski definition) is 6. The van der Waals surface area contributed by atoms with E-state index in [9.17, 15) is 4.79 Å². The molecule has 0 bridgehead atoms. The van der Waals surface area contributed by atoms with Gasteiger partial charge in [0.15, 0.2) is 5.78 Å². The lowest BCUT2D eigenvalue weighted by molar-refractivity contribution is -0.900. The molecule has 3 heterocycles. The molecule has 7 heteroatoms. The normalized spacial score (nSPS) is 21.1. The van der Waals surface area contributed by atoms with E-state index >= 15 is 0 Å². The summed E-state index contributed by atoms with van der Waals surface area (Å²) in [6.07, 6.45) is 2.81. The van der Waals surface area contributed by atoms with Gasteiger partial charge in [-0.2, -0.15) is 0 Å². The number of aromatic nitrogens is 2. The smallest absolute Gasteiger partial charge is 0.226 e. The summed E-state index contributed by atoms with van der Waals surface area (Å²) in [4.78, 5) is 25.7. The fraction of sp³-hybridized carbons (Fsp3) is 0.526. The number of carbonyl (C=O) groups excluding carboxylic acids is 1. The first-order valence-electron chi connectivity index (χ1n) is 9.29. The van der Waals surface area contributed by atoms with Crippen LogP contribution in [0.25, 0.3) is 0 Å². The van der Waals surface area contributed by atoms with Crippen molar-refractivity contribution in [1.82, 2.24) is 9.97 Å². The van der Waals surface area contributed by atoms with E-state index in [1.165, 1.54) is 4.90 Å². The molecule has 1 atom stereocenters. The fourth-order valence-corrected chi connectivity index (χ4v) is 4.06. The van der Waals surface area contributed by atoms with Crippen molar-refractivity contribution in [3.63, 3.8) is 0 Å². The van der Waals surface area contributed by atoms with Crippen molar-refractivity contribution >= 4 is 11.7 Å². The number of anilines is 1. The van der Waals surface area contributed by atoms with Crippen LogP contribution < -0.4 is 9.80 Å². The molecule has 1 fully saturated rings. The van der Waals surface area contributed by atoms with Crippen molar-refractivity contribution in [1.29, 1.82) is 0 Å². The molecule has 0 radical (unpaired) electrons. The summed E-state index contributed by atoms with van der Waals surface area (Å²) >= 11 is 0. The number of furan rings is 1. The van der Waals surface area contributed by atoms with Crippen LogP contribution in [-0.2, 0) is 6.42 Å². The Kier molecular flexibility index (Phi) is 4.74. The van der Waals surface area contributed by atoms with Crippen molar-refractivity contribution in [2.24, 2.45) is 0 Å². The van der Waals surface area contributed by atoms with Gasteiger partial charge in [-0.1, -0.05) is 0 Å². The molecule has 138 valence electrons. The van der Waals surface area contributed by atoms with Gasteiger partial charge in [-0.3, -0.25) is 4.79 Å². The standard InChI is InChI=1S/C19H24N4O3/c1-13-18-15(11-14(12-16(18)25)17-3-2-10-26-17)21-19(20-13)23-6-4-22(5-7-23)8-9-24/h2-3,10,14,24H,4-9,11-12H2,1H3/p+1/t14-/m1/s1. The van der Waals surface area contributed by atoms with Gasteiger partial charge in [-0.05, 0) is 19.1 Å². The van der Waals surface area contributed by atoms with Crippen molar-refractivity contribution in [2.75, 3.05) is 44.2 Å². The number of ketones is 1. The molecule has 0 unspecified atom stereocenters. The number of nitrogens with zero attached hydrogens (tertiary/aromatic N) is 3. The lowest BCUT2D eigenvalue weighted by Gasteiger charge is -2.33. The molecule has 0 aromatic carbocycles. The quantitative estimate of drug-likeness (QED) is 0.801. The average molecular weight is 357 g/mol. The molecular weight excluding hydrogens is 332 g/mol. The molecule has 7 nitrogen and oxygen atoms in total. The molecule has 2 aromatic rings. The van der Waals surface area contributed by atoms with Gasteiger partial charge in [0.1, 0.15) is 12.3 Å². The number of carbonyl (C=O) groups is 1. The van der Waals surface area contributed by atoms with Gasteiger partial charge in [0.2, 0.25) is 5.95 Å². The lowest BCUT2D eigenvalue weighted by Crippen LogP contribution is -3.15. The number of rotatable bonds is 4. The predicted octanol–water partition coefficient (Wildman–Crippen LogP) is -0.0121. The van der Waals surface area contributed by atoms with E-state index in [1.807, 2.05) is 19.1 Å². The summed E-state index contributed by atoms with van der Waals surface area (Å²) in [5.41, 5.74) is 2.31. The van der Waals surface area contributed by atoms with Crippen LogP contribution in [0.3, 0.4) is 0 Å². The summed E-state index contributed by atoms with van der Waals surface area (Å²) in [7, 11) is 0. The molecule has 0 spiro atoms. The van der Waals surface area contributed by atoms with Crippen LogP contribution in [0, 0.1) is 6.92 Å². The third-order valence-corrected chi connectivity index (χ3v) is 5.47. The molecule has 1 saturated heterocycles. The number of nitrogens with one attached hydrogen (secondary N) is 1.